The van der Waals surface area contributed by atoms with Crippen molar-refractivity contribution in [3.05, 3.63) is 12.2 Å². The largest absolute Gasteiger partial charge is 0.296 e. The van der Waals surface area contributed by atoms with Gasteiger partial charge in [-0.1, -0.05) is 32.9 Å². The van der Waals surface area contributed by atoms with Crippen LogP contribution in [0.4, 0.5) is 0 Å². The fourth-order valence-corrected chi connectivity index (χ4v) is 4.03. The molecule has 0 aromatic heterocycles. The Balaban J connectivity index is 2.09. The van der Waals surface area contributed by atoms with Crippen molar-refractivity contribution in [2.24, 2.45) is 10.8 Å². The molecule has 1 nitrogen and oxygen atoms in total. The van der Waals surface area contributed by atoms with Crippen molar-refractivity contribution in [2.75, 3.05) is 13.1 Å². The first-order valence-electron chi connectivity index (χ1n) is 6.29. The molecular formula is C14H25N. The maximum absolute atomic E-state index is 2.69. The monoisotopic (exact) mass is 207 g/mol. The smallest absolute Gasteiger partial charge is 0.0166 e. The summed E-state index contributed by atoms with van der Waals surface area (Å²) in [7, 11) is 0. The van der Waals surface area contributed by atoms with Crippen LogP contribution in [0.2, 0.25) is 0 Å². The van der Waals surface area contributed by atoms with Gasteiger partial charge in [0.1, 0.15) is 0 Å². The van der Waals surface area contributed by atoms with Gasteiger partial charge in [0.25, 0.3) is 0 Å². The lowest BCUT2D eigenvalue weighted by molar-refractivity contribution is 0.129. The van der Waals surface area contributed by atoms with E-state index in [1.54, 1.807) is 0 Å². The maximum Gasteiger partial charge on any atom is 0.0166 e. The number of likely N-dealkylation sites (tertiary alicyclic amines) is 1. The molecule has 1 aliphatic heterocycles. The molecule has 0 aromatic rings. The van der Waals surface area contributed by atoms with Crippen LogP contribution in [0, 0.1) is 10.8 Å². The number of fused-ring (bicyclic) bond motifs is 2. The van der Waals surface area contributed by atoms with Gasteiger partial charge in [0.15, 0.2) is 0 Å². The van der Waals surface area contributed by atoms with E-state index in [-0.39, 0.29) is 0 Å². The van der Waals surface area contributed by atoms with Crippen molar-refractivity contribution >= 4 is 0 Å². The molecule has 0 amide bonds. The Morgan fingerprint density at radius 2 is 2.00 bits per heavy atom. The Hall–Kier alpha value is -0.300. The summed E-state index contributed by atoms with van der Waals surface area (Å²) in [5.74, 6) is 0. The molecule has 1 heterocycles. The molecule has 1 heteroatoms. The van der Waals surface area contributed by atoms with Gasteiger partial charge in [0.05, 0.1) is 0 Å². The second-order valence-electron chi connectivity index (χ2n) is 6.71. The summed E-state index contributed by atoms with van der Waals surface area (Å²) in [5.41, 5.74) is 1.15. The minimum Gasteiger partial charge on any atom is -0.296 e. The molecule has 1 aliphatic carbocycles. The lowest BCUT2D eigenvalue weighted by atomic mass is 9.65. The van der Waals surface area contributed by atoms with Crippen molar-refractivity contribution in [3.63, 3.8) is 0 Å². The quantitative estimate of drug-likeness (QED) is 0.627. The zero-order valence-electron chi connectivity index (χ0n) is 10.7. The van der Waals surface area contributed by atoms with E-state index in [1.807, 2.05) is 0 Å². The molecule has 86 valence electrons. The summed E-state index contributed by atoms with van der Waals surface area (Å²) >= 11 is 0. The van der Waals surface area contributed by atoms with E-state index < -0.39 is 0 Å². The van der Waals surface area contributed by atoms with Crippen LogP contribution in [0.1, 0.15) is 47.0 Å². The van der Waals surface area contributed by atoms with Gasteiger partial charge in [-0.25, -0.2) is 0 Å². The van der Waals surface area contributed by atoms with Gasteiger partial charge in [-0.2, -0.15) is 0 Å². The molecule has 0 radical (unpaired) electrons. The summed E-state index contributed by atoms with van der Waals surface area (Å²) in [6.07, 6.45) is 8.70. The minimum absolute atomic E-state index is 0.558. The first kappa shape index (κ1) is 11.2. The van der Waals surface area contributed by atoms with Crippen LogP contribution in [0.15, 0.2) is 12.2 Å². The van der Waals surface area contributed by atoms with E-state index in [2.05, 4.69) is 44.7 Å². The van der Waals surface area contributed by atoms with Crippen molar-refractivity contribution in [1.82, 2.24) is 4.90 Å². The average Bonchev–Trinajstić information content (AvgIpc) is 2.31. The third-order valence-electron chi connectivity index (χ3n) is 4.10. The highest BCUT2D eigenvalue weighted by Crippen LogP contribution is 2.52. The zero-order valence-corrected chi connectivity index (χ0v) is 10.7. The molecule has 0 N–H and O–H groups in total. The zero-order chi connectivity index (χ0) is 11.1. The van der Waals surface area contributed by atoms with Gasteiger partial charge >= 0.3 is 0 Å². The van der Waals surface area contributed by atoms with E-state index in [1.165, 1.54) is 25.8 Å². The number of hydrogen-bond acceptors (Lipinski definition) is 1. The van der Waals surface area contributed by atoms with Gasteiger partial charge in [-0.05, 0) is 37.0 Å². The third kappa shape index (κ3) is 2.28. The minimum atomic E-state index is 0.558. The fourth-order valence-electron chi connectivity index (χ4n) is 4.03. The molecule has 2 aliphatic rings. The highest BCUT2D eigenvalue weighted by molar-refractivity contribution is 5.03. The SMILES string of the molecule is C/C=C/CN1CC2(C)CC1CC(C)(C)C2. The molecule has 2 rings (SSSR count). The van der Waals surface area contributed by atoms with Gasteiger partial charge < -0.3 is 0 Å². The highest BCUT2D eigenvalue weighted by atomic mass is 15.2. The molecule has 2 fully saturated rings. The van der Waals surface area contributed by atoms with Crippen LogP contribution >= 0.6 is 0 Å². The van der Waals surface area contributed by atoms with E-state index in [9.17, 15) is 0 Å². The average molecular weight is 207 g/mol. The molecule has 2 bridgehead atoms. The summed E-state index contributed by atoms with van der Waals surface area (Å²) < 4.78 is 0. The predicted octanol–water partition coefficient (Wildman–Crippen LogP) is 3.46. The maximum atomic E-state index is 2.69. The van der Waals surface area contributed by atoms with E-state index in [0.717, 1.165) is 12.6 Å². The Bertz CT molecular complexity index is 267. The number of hydrogen-bond donors (Lipinski definition) is 0. The van der Waals surface area contributed by atoms with Crippen molar-refractivity contribution in [2.45, 2.75) is 53.0 Å². The first-order chi connectivity index (χ1) is 6.94. The summed E-state index contributed by atoms with van der Waals surface area (Å²) in [4.78, 5) is 2.69. The van der Waals surface area contributed by atoms with E-state index in [0.29, 0.717) is 10.8 Å². The fraction of sp³-hybridized carbons (Fsp3) is 0.857. The molecule has 1 saturated carbocycles. The summed E-state index contributed by atoms with van der Waals surface area (Å²) in [5, 5.41) is 0. The van der Waals surface area contributed by atoms with Gasteiger partial charge in [-0.3, -0.25) is 4.90 Å². The summed E-state index contributed by atoms with van der Waals surface area (Å²) in [6.45, 7) is 12.0. The lowest BCUT2D eigenvalue weighted by Gasteiger charge is -2.39. The second-order valence-corrected chi connectivity index (χ2v) is 6.71. The Morgan fingerprint density at radius 3 is 2.67 bits per heavy atom. The van der Waals surface area contributed by atoms with Crippen LogP contribution in [-0.4, -0.2) is 24.0 Å². The van der Waals surface area contributed by atoms with Crippen LogP contribution in [0.5, 0.6) is 0 Å². The Morgan fingerprint density at radius 1 is 1.27 bits per heavy atom. The Kier molecular flexibility index (Phi) is 2.70. The van der Waals surface area contributed by atoms with Gasteiger partial charge in [0, 0.05) is 19.1 Å². The lowest BCUT2D eigenvalue weighted by Crippen LogP contribution is -2.34. The standard InChI is InChI=1S/C14H25N/c1-5-6-7-15-11-14(4)9-12(15)8-13(2,3)10-14/h5-6,12H,7-11H2,1-4H3/b6-5+. The van der Waals surface area contributed by atoms with Crippen molar-refractivity contribution < 1.29 is 0 Å². The number of allylic oxidation sites excluding steroid dienone is 1. The van der Waals surface area contributed by atoms with Crippen LogP contribution in [0.3, 0.4) is 0 Å². The third-order valence-corrected chi connectivity index (χ3v) is 4.10. The van der Waals surface area contributed by atoms with E-state index >= 15 is 0 Å². The number of rotatable bonds is 2. The van der Waals surface area contributed by atoms with Gasteiger partial charge in [0.2, 0.25) is 0 Å². The normalized spacial score (nSPS) is 40.1. The van der Waals surface area contributed by atoms with Gasteiger partial charge in [-0.15, -0.1) is 0 Å². The topological polar surface area (TPSA) is 3.24 Å². The van der Waals surface area contributed by atoms with Crippen LogP contribution in [0.25, 0.3) is 0 Å². The van der Waals surface area contributed by atoms with E-state index in [4.69, 9.17) is 0 Å². The highest BCUT2D eigenvalue weighted by Gasteiger charge is 2.48. The first-order valence-corrected chi connectivity index (χ1v) is 6.29. The Labute approximate surface area is 94.5 Å². The molecular weight excluding hydrogens is 182 g/mol. The summed E-state index contributed by atoms with van der Waals surface area (Å²) in [6, 6.07) is 0.843. The predicted molar refractivity (Wildman–Crippen MR) is 65.9 cm³/mol. The van der Waals surface area contributed by atoms with Crippen LogP contribution in [-0.2, 0) is 0 Å². The molecule has 1 saturated heterocycles. The molecule has 15 heavy (non-hydrogen) atoms. The van der Waals surface area contributed by atoms with Crippen LogP contribution < -0.4 is 0 Å². The molecule has 0 aromatic carbocycles. The second kappa shape index (κ2) is 3.62. The number of nitrogens with zero attached hydrogens (tertiary/aromatic N) is 1. The van der Waals surface area contributed by atoms with Crippen molar-refractivity contribution in [3.8, 4) is 0 Å². The molecule has 2 unspecified atom stereocenters. The molecule has 2 atom stereocenters. The molecule has 0 spiro atoms. The van der Waals surface area contributed by atoms with Crippen molar-refractivity contribution in [1.29, 1.82) is 0 Å².